The first kappa shape index (κ1) is 54.7. The third-order valence-corrected chi connectivity index (χ3v) is 11.1. The molecule has 0 aliphatic rings. The average molecular weight is 819 g/mol. The summed E-state index contributed by atoms with van der Waals surface area (Å²) in [5.74, 6) is -0.914. The Labute approximate surface area is 343 Å². The Hall–Kier alpha value is -1.29. The van der Waals surface area contributed by atoms with Crippen LogP contribution in [0.25, 0.3) is 0 Å². The van der Waals surface area contributed by atoms with Crippen LogP contribution in [-0.2, 0) is 32.7 Å². The molecule has 1 unspecified atom stereocenters. The summed E-state index contributed by atoms with van der Waals surface area (Å²) < 4.78 is 32.8. The number of hydrogen-bond donors (Lipinski definition) is 3. The van der Waals surface area contributed by atoms with Gasteiger partial charge in [0.1, 0.15) is 12.7 Å². The molecule has 332 valence electrons. The first-order valence-corrected chi connectivity index (χ1v) is 24.6. The van der Waals surface area contributed by atoms with Gasteiger partial charge in [0, 0.05) is 12.8 Å². The van der Waals surface area contributed by atoms with Crippen molar-refractivity contribution in [1.29, 1.82) is 0 Å². The molecule has 0 amide bonds. The zero-order chi connectivity index (χ0) is 41.2. The van der Waals surface area contributed by atoms with Crippen LogP contribution in [0.5, 0.6) is 0 Å². The van der Waals surface area contributed by atoms with Gasteiger partial charge in [-0.25, -0.2) is 4.57 Å². The molecule has 0 aromatic carbocycles. The number of aliphatic hydroxyl groups is 2. The second kappa shape index (κ2) is 41.9. The van der Waals surface area contributed by atoms with Gasteiger partial charge in [0.15, 0.2) is 6.10 Å². The van der Waals surface area contributed by atoms with Crippen LogP contribution in [-0.4, -0.2) is 65.7 Å². The maximum absolute atomic E-state index is 12.6. The molecule has 0 aliphatic heterocycles. The summed E-state index contributed by atoms with van der Waals surface area (Å²) in [5.41, 5.74) is 0. The first-order chi connectivity index (χ1) is 27.2. The molecule has 0 aliphatic carbocycles. The molecule has 0 heterocycles. The van der Waals surface area contributed by atoms with Gasteiger partial charge in [0.2, 0.25) is 0 Å². The molecule has 56 heavy (non-hydrogen) atoms. The van der Waals surface area contributed by atoms with E-state index in [0.717, 1.165) is 32.1 Å². The van der Waals surface area contributed by atoms with E-state index in [0.29, 0.717) is 12.8 Å². The summed E-state index contributed by atoms with van der Waals surface area (Å²) in [4.78, 5) is 35.0. The summed E-state index contributed by atoms with van der Waals surface area (Å²) in [6.45, 7) is 2.39. The summed E-state index contributed by atoms with van der Waals surface area (Å²) >= 11 is 0. The molecule has 0 fully saturated rings. The normalized spacial score (nSPS) is 13.9. The van der Waals surface area contributed by atoms with Crippen LogP contribution in [0.15, 0.2) is 12.2 Å². The first-order valence-electron chi connectivity index (χ1n) is 23.1. The number of esters is 2. The second-order valence-corrected chi connectivity index (χ2v) is 17.2. The standard InChI is InChI=1S/C45H87O10P/c1-3-5-7-9-11-13-15-17-19-20-21-23-24-26-28-30-32-34-36-44(48)52-40-43(41-54-56(50,51)53-39-42(47)38-46)55-45(49)37-35-33-31-29-27-25-22-18-16-14-12-10-8-6-4-2/h10,12,42-43,46-47H,3-9,11,13-41H2,1-2H3,(H,50,51)/b12-10+/t42-,43+/m0/s1. The summed E-state index contributed by atoms with van der Waals surface area (Å²) in [6, 6.07) is 0. The quantitative estimate of drug-likeness (QED) is 0.0235. The maximum Gasteiger partial charge on any atom is 0.472 e. The topological polar surface area (TPSA) is 149 Å². The fraction of sp³-hybridized carbons (Fsp3) is 0.911. The van der Waals surface area contributed by atoms with Gasteiger partial charge in [-0.05, 0) is 32.1 Å². The molecule has 3 atom stereocenters. The minimum atomic E-state index is -4.61. The predicted octanol–water partition coefficient (Wildman–Crippen LogP) is 12.4. The van der Waals surface area contributed by atoms with E-state index in [1.54, 1.807) is 0 Å². The number of aliphatic hydroxyl groups excluding tert-OH is 2. The number of allylic oxidation sites excluding steroid dienone is 2. The molecule has 10 nitrogen and oxygen atoms in total. The molecular weight excluding hydrogens is 731 g/mol. The van der Waals surface area contributed by atoms with E-state index in [1.807, 2.05) is 0 Å². The van der Waals surface area contributed by atoms with E-state index >= 15 is 0 Å². The van der Waals surface area contributed by atoms with Gasteiger partial charge in [-0.3, -0.25) is 18.6 Å². The van der Waals surface area contributed by atoms with E-state index in [-0.39, 0.29) is 19.4 Å². The molecule has 3 N–H and O–H groups in total. The van der Waals surface area contributed by atoms with Crippen molar-refractivity contribution >= 4 is 19.8 Å². The van der Waals surface area contributed by atoms with Gasteiger partial charge >= 0.3 is 19.8 Å². The molecule has 11 heteroatoms. The minimum Gasteiger partial charge on any atom is -0.462 e. The van der Waals surface area contributed by atoms with Gasteiger partial charge in [-0.15, -0.1) is 0 Å². The smallest absolute Gasteiger partial charge is 0.462 e. The molecule has 0 saturated heterocycles. The monoisotopic (exact) mass is 819 g/mol. The molecule has 0 bridgehead atoms. The van der Waals surface area contributed by atoms with Gasteiger partial charge in [-0.1, -0.05) is 193 Å². The third kappa shape index (κ3) is 40.9. The van der Waals surface area contributed by atoms with Gasteiger partial charge in [-0.2, -0.15) is 0 Å². The van der Waals surface area contributed by atoms with Crippen molar-refractivity contribution in [2.75, 3.05) is 26.4 Å². The Kier molecular flexibility index (Phi) is 40.9. The Morgan fingerprint density at radius 3 is 1.34 bits per heavy atom. The number of carbonyl (C=O) groups excluding carboxylic acids is 2. The lowest BCUT2D eigenvalue weighted by Gasteiger charge is -2.20. The van der Waals surface area contributed by atoms with Crippen LogP contribution in [0.2, 0.25) is 0 Å². The molecule has 0 aromatic rings. The van der Waals surface area contributed by atoms with Crippen molar-refractivity contribution in [3.8, 4) is 0 Å². The molecule has 0 saturated carbocycles. The van der Waals surface area contributed by atoms with Crippen LogP contribution in [0.4, 0.5) is 0 Å². The fourth-order valence-electron chi connectivity index (χ4n) is 6.56. The highest BCUT2D eigenvalue weighted by Crippen LogP contribution is 2.43. The van der Waals surface area contributed by atoms with E-state index in [2.05, 4.69) is 26.0 Å². The van der Waals surface area contributed by atoms with Crippen molar-refractivity contribution in [2.24, 2.45) is 0 Å². The number of unbranched alkanes of at least 4 members (excludes halogenated alkanes) is 28. The maximum atomic E-state index is 12.6. The highest BCUT2D eigenvalue weighted by atomic mass is 31.2. The Morgan fingerprint density at radius 2 is 0.893 bits per heavy atom. The Balaban J connectivity index is 4.20. The van der Waals surface area contributed by atoms with E-state index in [9.17, 15) is 24.2 Å². The van der Waals surface area contributed by atoms with Crippen molar-refractivity contribution in [1.82, 2.24) is 0 Å². The Morgan fingerprint density at radius 1 is 0.518 bits per heavy atom. The van der Waals surface area contributed by atoms with E-state index in [1.165, 1.54) is 154 Å². The van der Waals surface area contributed by atoms with Gasteiger partial charge in [0.25, 0.3) is 0 Å². The summed E-state index contributed by atoms with van der Waals surface area (Å²) in [7, 11) is -4.61. The summed E-state index contributed by atoms with van der Waals surface area (Å²) in [5, 5.41) is 18.3. The van der Waals surface area contributed by atoms with Crippen molar-refractivity contribution in [3.63, 3.8) is 0 Å². The van der Waals surface area contributed by atoms with Crippen LogP contribution in [0.1, 0.15) is 226 Å². The van der Waals surface area contributed by atoms with E-state index < -0.39 is 51.8 Å². The SMILES string of the molecule is CCCC/C=C/CCCCCCCCCCCC(=O)O[C@H](COC(=O)CCCCCCCCCCCCCCCCCCCC)COP(=O)(O)OC[C@@H](O)CO. The van der Waals surface area contributed by atoms with Gasteiger partial charge < -0.3 is 24.6 Å². The number of hydrogen-bond acceptors (Lipinski definition) is 9. The lowest BCUT2D eigenvalue weighted by Crippen LogP contribution is -2.29. The molecule has 0 rings (SSSR count). The van der Waals surface area contributed by atoms with Crippen molar-refractivity contribution in [3.05, 3.63) is 12.2 Å². The number of carbonyl (C=O) groups is 2. The average Bonchev–Trinajstić information content (AvgIpc) is 3.19. The molecular formula is C45H87O10P. The minimum absolute atomic E-state index is 0.186. The molecule has 0 aromatic heterocycles. The Bertz CT molecular complexity index is 946. The molecule has 0 radical (unpaired) electrons. The lowest BCUT2D eigenvalue weighted by atomic mass is 10.0. The second-order valence-electron chi connectivity index (χ2n) is 15.8. The fourth-order valence-corrected chi connectivity index (χ4v) is 7.35. The van der Waals surface area contributed by atoms with E-state index in [4.69, 9.17) is 23.6 Å². The van der Waals surface area contributed by atoms with Crippen molar-refractivity contribution < 1.29 is 47.8 Å². The number of ether oxygens (including phenoxy) is 2. The van der Waals surface area contributed by atoms with Crippen LogP contribution in [0, 0.1) is 0 Å². The van der Waals surface area contributed by atoms with Gasteiger partial charge in [0.05, 0.1) is 19.8 Å². The lowest BCUT2D eigenvalue weighted by molar-refractivity contribution is -0.161. The number of rotatable bonds is 44. The zero-order valence-corrected chi connectivity index (χ0v) is 37.0. The number of phosphoric acid groups is 1. The third-order valence-electron chi connectivity index (χ3n) is 10.2. The zero-order valence-electron chi connectivity index (χ0n) is 36.1. The van der Waals surface area contributed by atoms with Crippen LogP contribution < -0.4 is 0 Å². The van der Waals surface area contributed by atoms with Crippen molar-refractivity contribution in [2.45, 2.75) is 238 Å². The largest absolute Gasteiger partial charge is 0.472 e. The number of phosphoric ester groups is 1. The predicted molar refractivity (Wildman–Crippen MR) is 229 cm³/mol. The highest BCUT2D eigenvalue weighted by Gasteiger charge is 2.27. The highest BCUT2D eigenvalue weighted by molar-refractivity contribution is 7.47. The molecule has 0 spiro atoms. The van der Waals surface area contributed by atoms with Crippen LogP contribution in [0.3, 0.4) is 0 Å². The summed E-state index contributed by atoms with van der Waals surface area (Å²) in [6.07, 6.45) is 40.3. The van der Waals surface area contributed by atoms with Crippen LogP contribution >= 0.6 is 7.82 Å².